The van der Waals surface area contributed by atoms with Gasteiger partial charge in [0.1, 0.15) is 5.69 Å². The fraction of sp³-hybridized carbons (Fsp3) is 0.364. The van der Waals surface area contributed by atoms with Crippen molar-refractivity contribution in [1.29, 1.82) is 0 Å². The lowest BCUT2D eigenvalue weighted by Gasteiger charge is -2.25. The summed E-state index contributed by atoms with van der Waals surface area (Å²) in [5.74, 6) is -0.165. The molecule has 7 nitrogen and oxygen atoms in total. The molecule has 2 heterocycles. The van der Waals surface area contributed by atoms with Gasteiger partial charge in [-0.3, -0.25) is 9.78 Å². The summed E-state index contributed by atoms with van der Waals surface area (Å²) < 4.78 is 38.1. The largest absolute Gasteiger partial charge is 0.433 e. The Kier molecular flexibility index (Phi) is 6.52. The van der Waals surface area contributed by atoms with E-state index in [4.69, 9.17) is 0 Å². The molecule has 1 aliphatic rings. The quantitative estimate of drug-likeness (QED) is 0.776. The number of hydrazone groups is 1. The zero-order chi connectivity index (χ0) is 23.6. The normalized spacial score (nSPS) is 17.0. The number of nitrogens with one attached hydrogen (secondary N) is 1. The van der Waals surface area contributed by atoms with Crippen molar-refractivity contribution in [2.75, 3.05) is 13.6 Å². The highest BCUT2D eigenvalue weighted by atomic mass is 19.4. The molecule has 1 aromatic carbocycles. The van der Waals surface area contributed by atoms with E-state index < -0.39 is 30.0 Å². The van der Waals surface area contributed by atoms with Gasteiger partial charge in [0, 0.05) is 20.2 Å². The molecule has 1 aliphatic heterocycles. The maximum absolute atomic E-state index is 12.8. The van der Waals surface area contributed by atoms with Gasteiger partial charge in [0.15, 0.2) is 0 Å². The smallest absolute Gasteiger partial charge is 0.335 e. The molecule has 0 fully saturated rings. The highest BCUT2D eigenvalue weighted by Crippen LogP contribution is 2.28. The second-order valence-corrected chi connectivity index (χ2v) is 7.72. The molecule has 3 amide bonds. The number of urea groups is 1. The molecule has 32 heavy (non-hydrogen) atoms. The predicted octanol–water partition coefficient (Wildman–Crippen LogP) is 3.75. The monoisotopic (exact) mass is 447 g/mol. The Hall–Kier alpha value is -3.43. The average Bonchev–Trinajstić information content (AvgIpc) is 3.18. The molecule has 1 aromatic heterocycles. The third kappa shape index (κ3) is 5.06. The first-order valence-corrected chi connectivity index (χ1v) is 9.97. The summed E-state index contributed by atoms with van der Waals surface area (Å²) in [7, 11) is 1.65. The number of benzene rings is 1. The molecule has 0 bridgehead atoms. The van der Waals surface area contributed by atoms with E-state index in [1.165, 1.54) is 22.9 Å². The van der Waals surface area contributed by atoms with E-state index in [1.807, 2.05) is 31.2 Å². The molecule has 0 saturated carbocycles. The third-order valence-electron chi connectivity index (χ3n) is 5.35. The van der Waals surface area contributed by atoms with Crippen LogP contribution in [0.1, 0.15) is 42.3 Å². The number of alkyl halides is 3. The minimum atomic E-state index is -4.53. The molecule has 10 heteroatoms. The maximum Gasteiger partial charge on any atom is 0.433 e. The Bertz CT molecular complexity index is 1020. The van der Waals surface area contributed by atoms with Crippen LogP contribution in [0.3, 0.4) is 0 Å². The van der Waals surface area contributed by atoms with Crippen molar-refractivity contribution in [1.82, 2.24) is 20.2 Å². The van der Waals surface area contributed by atoms with Crippen LogP contribution in [0, 0.1) is 6.92 Å². The number of pyridine rings is 1. The fourth-order valence-corrected chi connectivity index (χ4v) is 3.29. The van der Waals surface area contributed by atoms with Gasteiger partial charge < -0.3 is 10.2 Å². The van der Waals surface area contributed by atoms with Gasteiger partial charge in [-0.1, -0.05) is 35.9 Å². The molecule has 0 saturated heterocycles. The van der Waals surface area contributed by atoms with Crippen LogP contribution in [0.25, 0.3) is 0 Å². The standard InChI is InChI=1S/C22H24F3N5O2/c1-13-5-7-16(8-6-13)20-18(29(4)15(3)31)12-30(28-20)21(32)27-14(2)17-9-10-19(26-11-17)22(23,24)25/h5-11,14,18H,12H2,1-4H3,(H,27,32)/t14-,18?/m1/s1. The summed E-state index contributed by atoms with van der Waals surface area (Å²) in [6, 6.07) is 8.21. The highest BCUT2D eigenvalue weighted by Gasteiger charge is 2.35. The van der Waals surface area contributed by atoms with Crippen LogP contribution in [-0.4, -0.2) is 52.2 Å². The molecule has 0 radical (unpaired) electrons. The summed E-state index contributed by atoms with van der Waals surface area (Å²) in [5, 5.41) is 8.40. The van der Waals surface area contributed by atoms with E-state index in [2.05, 4.69) is 15.4 Å². The SMILES string of the molecule is CC(=O)N(C)C1CN(C(=O)N[C@H](C)c2ccc(C(F)(F)F)nc2)N=C1c1ccc(C)cc1. The van der Waals surface area contributed by atoms with E-state index in [0.717, 1.165) is 23.4 Å². The van der Waals surface area contributed by atoms with Gasteiger partial charge in [0.05, 0.1) is 24.3 Å². The number of nitrogens with zero attached hydrogens (tertiary/aromatic N) is 4. The van der Waals surface area contributed by atoms with Gasteiger partial charge in [-0.05, 0) is 31.0 Å². The second-order valence-electron chi connectivity index (χ2n) is 7.72. The highest BCUT2D eigenvalue weighted by molar-refractivity contribution is 6.07. The fourth-order valence-electron chi connectivity index (χ4n) is 3.29. The van der Waals surface area contributed by atoms with Gasteiger partial charge in [-0.15, -0.1) is 0 Å². The molecule has 2 atom stereocenters. The number of carbonyl (C=O) groups excluding carboxylic acids is 2. The number of amides is 3. The summed E-state index contributed by atoms with van der Waals surface area (Å²) >= 11 is 0. The Labute approximate surface area is 183 Å². The Morgan fingerprint density at radius 3 is 2.38 bits per heavy atom. The molecule has 1 N–H and O–H groups in total. The number of likely N-dealkylation sites (N-methyl/N-ethyl adjacent to an activating group) is 1. The molecule has 2 aromatic rings. The zero-order valence-electron chi connectivity index (χ0n) is 18.1. The average molecular weight is 447 g/mol. The van der Waals surface area contributed by atoms with E-state index in [0.29, 0.717) is 11.3 Å². The Balaban J connectivity index is 1.78. The van der Waals surface area contributed by atoms with Crippen LogP contribution in [0.2, 0.25) is 0 Å². The number of aryl methyl sites for hydroxylation is 1. The van der Waals surface area contributed by atoms with Crippen molar-refractivity contribution in [2.45, 2.75) is 39.0 Å². The number of aromatic nitrogens is 1. The minimum Gasteiger partial charge on any atom is -0.335 e. The van der Waals surface area contributed by atoms with Crippen LogP contribution >= 0.6 is 0 Å². The summed E-state index contributed by atoms with van der Waals surface area (Å²) in [5.41, 5.74) is 1.87. The number of hydrogen-bond acceptors (Lipinski definition) is 4. The first-order chi connectivity index (χ1) is 15.0. The van der Waals surface area contributed by atoms with Crippen molar-refractivity contribution >= 4 is 17.6 Å². The van der Waals surface area contributed by atoms with Gasteiger partial charge in [-0.2, -0.15) is 18.3 Å². The number of carbonyl (C=O) groups is 2. The lowest BCUT2D eigenvalue weighted by molar-refractivity contribution is -0.141. The predicted molar refractivity (Wildman–Crippen MR) is 113 cm³/mol. The zero-order valence-corrected chi connectivity index (χ0v) is 18.1. The van der Waals surface area contributed by atoms with Crippen LogP contribution in [0.4, 0.5) is 18.0 Å². The van der Waals surface area contributed by atoms with Gasteiger partial charge in [-0.25, -0.2) is 9.80 Å². The number of hydrogen-bond donors (Lipinski definition) is 1. The van der Waals surface area contributed by atoms with Crippen molar-refractivity contribution in [3.63, 3.8) is 0 Å². The molecule has 170 valence electrons. The van der Waals surface area contributed by atoms with E-state index >= 15 is 0 Å². The third-order valence-corrected chi connectivity index (χ3v) is 5.35. The van der Waals surface area contributed by atoms with Crippen molar-refractivity contribution < 1.29 is 22.8 Å². The van der Waals surface area contributed by atoms with Crippen molar-refractivity contribution in [3.05, 3.63) is 65.0 Å². The van der Waals surface area contributed by atoms with Crippen LogP contribution in [0.15, 0.2) is 47.7 Å². The minimum absolute atomic E-state index is 0.156. The molecular weight excluding hydrogens is 423 g/mol. The molecule has 3 rings (SSSR count). The molecule has 1 unspecified atom stereocenters. The summed E-state index contributed by atoms with van der Waals surface area (Å²) in [6.07, 6.45) is -3.44. The number of rotatable bonds is 4. The lowest BCUT2D eigenvalue weighted by Crippen LogP contribution is -2.45. The van der Waals surface area contributed by atoms with E-state index in [9.17, 15) is 22.8 Å². The molecule has 0 spiro atoms. The maximum atomic E-state index is 12.8. The van der Waals surface area contributed by atoms with Crippen LogP contribution < -0.4 is 5.32 Å². The Morgan fingerprint density at radius 1 is 1.19 bits per heavy atom. The number of halogens is 3. The van der Waals surface area contributed by atoms with E-state index in [-0.39, 0.29) is 12.5 Å². The molecule has 0 aliphatic carbocycles. The van der Waals surface area contributed by atoms with E-state index in [1.54, 1.807) is 14.0 Å². The van der Waals surface area contributed by atoms with Crippen LogP contribution in [-0.2, 0) is 11.0 Å². The Morgan fingerprint density at radius 2 is 1.84 bits per heavy atom. The topological polar surface area (TPSA) is 77.9 Å². The molecular formula is C22H24F3N5O2. The second kappa shape index (κ2) is 8.97. The van der Waals surface area contributed by atoms with Gasteiger partial charge in [0.25, 0.3) is 0 Å². The van der Waals surface area contributed by atoms with Gasteiger partial charge in [0.2, 0.25) is 5.91 Å². The first kappa shape index (κ1) is 23.2. The van der Waals surface area contributed by atoms with Crippen LogP contribution in [0.5, 0.6) is 0 Å². The summed E-state index contributed by atoms with van der Waals surface area (Å²) in [4.78, 5) is 29.7. The van der Waals surface area contributed by atoms with Crippen molar-refractivity contribution in [3.8, 4) is 0 Å². The first-order valence-electron chi connectivity index (χ1n) is 9.97. The lowest BCUT2D eigenvalue weighted by atomic mass is 10.0. The summed E-state index contributed by atoms with van der Waals surface area (Å²) in [6.45, 7) is 5.19. The van der Waals surface area contributed by atoms with Crippen molar-refractivity contribution in [2.24, 2.45) is 5.10 Å². The van der Waals surface area contributed by atoms with Gasteiger partial charge >= 0.3 is 12.2 Å².